The van der Waals surface area contributed by atoms with E-state index in [1.54, 1.807) is 0 Å². The predicted octanol–water partition coefficient (Wildman–Crippen LogP) is 13.4. The van der Waals surface area contributed by atoms with E-state index in [1.165, 1.54) is 44.5 Å². The molecule has 0 radical (unpaired) electrons. The summed E-state index contributed by atoms with van der Waals surface area (Å²) in [6, 6.07) is 69.7. The summed E-state index contributed by atoms with van der Waals surface area (Å²) < 4.78 is 3.80. The summed E-state index contributed by atoms with van der Waals surface area (Å²) in [5.74, 6) is 0. The normalized spacial score (nSPS) is 11.2. The Balaban J connectivity index is 1.02. The SMILES string of the molecule is c1ccc(-c2ccc(-c3cc(-c4ccccc4)ncc3-c3ccccc3-c3cc(CCc4ccc(-n5cccn5)cc4)cc(CCc4ccc(-n5cccn5)cc4)c3)cc2)cc1. The van der Waals surface area contributed by atoms with Gasteiger partial charge in [0.25, 0.3) is 0 Å². The molecule has 5 heteroatoms. The molecule has 0 fully saturated rings. The van der Waals surface area contributed by atoms with Gasteiger partial charge in [0.15, 0.2) is 0 Å². The number of aromatic nitrogens is 5. The topological polar surface area (TPSA) is 48.5 Å². The van der Waals surface area contributed by atoms with Gasteiger partial charge < -0.3 is 0 Å². The standard InChI is InChI=1S/C57H45N5/c1-3-11-46(12-4-1)47-25-27-48(28-26-47)55-40-57(49-13-5-2-6-14-49)58-41-56(55)54-16-8-7-15-53(54)50-38-44(19-17-42-21-29-51(30-22-42)61-35-9-33-59-61)37-45(39-50)20-18-43-23-31-52(32-24-43)62-36-10-34-60-62/h1-16,21-41H,17-20H2. The summed E-state index contributed by atoms with van der Waals surface area (Å²) in [5.41, 5.74) is 18.8. The number of hydrogen-bond donors (Lipinski definition) is 0. The molecule has 3 aromatic heterocycles. The first kappa shape index (κ1) is 38.3. The molecule has 0 aliphatic heterocycles. The molecule has 0 unspecified atom stereocenters. The molecule has 3 heterocycles. The van der Waals surface area contributed by atoms with Gasteiger partial charge in [-0.3, -0.25) is 4.98 Å². The highest BCUT2D eigenvalue weighted by Gasteiger charge is 2.17. The lowest BCUT2D eigenvalue weighted by Crippen LogP contribution is -1.99. The van der Waals surface area contributed by atoms with Crippen LogP contribution in [0.15, 0.2) is 225 Å². The van der Waals surface area contributed by atoms with Crippen LogP contribution in [0.4, 0.5) is 0 Å². The predicted molar refractivity (Wildman–Crippen MR) is 253 cm³/mol. The number of pyridine rings is 1. The van der Waals surface area contributed by atoms with E-state index < -0.39 is 0 Å². The molecule has 7 aromatic carbocycles. The van der Waals surface area contributed by atoms with E-state index in [0.717, 1.165) is 70.6 Å². The van der Waals surface area contributed by atoms with E-state index in [2.05, 4.69) is 198 Å². The Hall–Kier alpha value is -7.89. The van der Waals surface area contributed by atoms with E-state index in [1.807, 2.05) is 46.3 Å². The number of benzene rings is 7. The van der Waals surface area contributed by atoms with Crippen molar-refractivity contribution >= 4 is 0 Å². The fourth-order valence-corrected chi connectivity index (χ4v) is 8.38. The maximum absolute atomic E-state index is 5.11. The smallest absolute Gasteiger partial charge is 0.0708 e. The average molecular weight is 800 g/mol. The molecular formula is C57H45N5. The zero-order valence-electron chi connectivity index (χ0n) is 34.4. The van der Waals surface area contributed by atoms with E-state index in [-0.39, 0.29) is 0 Å². The summed E-state index contributed by atoms with van der Waals surface area (Å²) in [6.07, 6.45) is 13.4. The van der Waals surface area contributed by atoms with Gasteiger partial charge in [0.1, 0.15) is 0 Å². The van der Waals surface area contributed by atoms with Gasteiger partial charge >= 0.3 is 0 Å². The van der Waals surface area contributed by atoms with Crippen LogP contribution in [0.3, 0.4) is 0 Å². The van der Waals surface area contributed by atoms with Gasteiger partial charge in [-0.05, 0) is 129 Å². The Labute approximate surface area is 363 Å². The van der Waals surface area contributed by atoms with Gasteiger partial charge in [0.05, 0.1) is 17.1 Å². The minimum absolute atomic E-state index is 0.926. The highest BCUT2D eigenvalue weighted by molar-refractivity contribution is 5.93. The third-order valence-electron chi connectivity index (χ3n) is 11.7. The third-order valence-corrected chi connectivity index (χ3v) is 11.7. The molecule has 0 aliphatic carbocycles. The lowest BCUT2D eigenvalue weighted by atomic mass is 9.87. The highest BCUT2D eigenvalue weighted by atomic mass is 15.3. The first-order chi connectivity index (χ1) is 30.7. The fourth-order valence-electron chi connectivity index (χ4n) is 8.38. The molecule has 298 valence electrons. The number of hydrogen-bond acceptors (Lipinski definition) is 3. The molecule has 0 saturated carbocycles. The van der Waals surface area contributed by atoms with E-state index in [9.17, 15) is 0 Å². The Bertz CT molecular complexity index is 2910. The lowest BCUT2D eigenvalue weighted by Gasteiger charge is -2.18. The summed E-state index contributed by atoms with van der Waals surface area (Å²) in [5, 5.41) is 8.81. The number of nitrogens with zero attached hydrogens (tertiary/aromatic N) is 5. The second-order valence-corrected chi connectivity index (χ2v) is 15.7. The van der Waals surface area contributed by atoms with Gasteiger partial charge in [-0.15, -0.1) is 0 Å². The molecule has 10 rings (SSSR count). The van der Waals surface area contributed by atoms with Crippen molar-refractivity contribution in [3.63, 3.8) is 0 Å². The van der Waals surface area contributed by atoms with Crippen molar-refractivity contribution in [3.05, 3.63) is 247 Å². The van der Waals surface area contributed by atoms with E-state index in [0.29, 0.717) is 0 Å². The molecule has 62 heavy (non-hydrogen) atoms. The minimum Gasteiger partial charge on any atom is -0.256 e. The first-order valence-corrected chi connectivity index (χ1v) is 21.3. The molecule has 0 amide bonds. The van der Waals surface area contributed by atoms with Crippen molar-refractivity contribution in [1.29, 1.82) is 0 Å². The largest absolute Gasteiger partial charge is 0.256 e. The molecule has 0 spiro atoms. The van der Waals surface area contributed by atoms with Gasteiger partial charge in [-0.25, -0.2) is 9.36 Å². The maximum Gasteiger partial charge on any atom is 0.0708 e. The second-order valence-electron chi connectivity index (χ2n) is 15.7. The van der Waals surface area contributed by atoms with Gasteiger partial charge in [-0.1, -0.05) is 152 Å². The zero-order valence-corrected chi connectivity index (χ0v) is 34.4. The molecule has 5 nitrogen and oxygen atoms in total. The molecule has 0 bridgehead atoms. The number of rotatable bonds is 13. The van der Waals surface area contributed by atoms with Crippen LogP contribution in [0.1, 0.15) is 22.3 Å². The van der Waals surface area contributed by atoms with Crippen LogP contribution >= 0.6 is 0 Å². The second kappa shape index (κ2) is 17.8. The van der Waals surface area contributed by atoms with Crippen molar-refractivity contribution in [2.75, 3.05) is 0 Å². The first-order valence-electron chi connectivity index (χ1n) is 21.3. The van der Waals surface area contributed by atoms with Crippen molar-refractivity contribution in [2.45, 2.75) is 25.7 Å². The van der Waals surface area contributed by atoms with Crippen molar-refractivity contribution in [3.8, 4) is 67.1 Å². The molecule has 0 atom stereocenters. The van der Waals surface area contributed by atoms with Crippen LogP contribution in [0.25, 0.3) is 67.1 Å². The van der Waals surface area contributed by atoms with E-state index in [4.69, 9.17) is 4.98 Å². The van der Waals surface area contributed by atoms with Crippen LogP contribution in [0.5, 0.6) is 0 Å². The quantitative estimate of drug-likeness (QED) is 0.117. The Morgan fingerprint density at radius 2 is 0.806 bits per heavy atom. The van der Waals surface area contributed by atoms with Gasteiger partial charge in [0.2, 0.25) is 0 Å². The Morgan fingerprint density at radius 1 is 0.323 bits per heavy atom. The fraction of sp³-hybridized carbons (Fsp3) is 0.0702. The summed E-state index contributed by atoms with van der Waals surface area (Å²) in [7, 11) is 0. The van der Waals surface area contributed by atoms with Gasteiger partial charge in [0, 0.05) is 42.1 Å². The molecular weight excluding hydrogens is 755 g/mol. The summed E-state index contributed by atoms with van der Waals surface area (Å²) >= 11 is 0. The number of aryl methyl sites for hydroxylation is 4. The summed E-state index contributed by atoms with van der Waals surface area (Å²) in [4.78, 5) is 5.11. The van der Waals surface area contributed by atoms with E-state index >= 15 is 0 Å². The molecule has 10 aromatic rings. The van der Waals surface area contributed by atoms with Crippen LogP contribution < -0.4 is 0 Å². The highest BCUT2D eigenvalue weighted by Crippen LogP contribution is 2.40. The van der Waals surface area contributed by atoms with Crippen LogP contribution in [0.2, 0.25) is 0 Å². The molecule has 0 N–H and O–H groups in total. The van der Waals surface area contributed by atoms with Gasteiger partial charge in [-0.2, -0.15) is 10.2 Å². The monoisotopic (exact) mass is 799 g/mol. The van der Waals surface area contributed by atoms with Crippen molar-refractivity contribution in [1.82, 2.24) is 24.5 Å². The summed E-state index contributed by atoms with van der Waals surface area (Å²) in [6.45, 7) is 0. The third kappa shape index (κ3) is 8.56. The lowest BCUT2D eigenvalue weighted by molar-refractivity contribution is 0.875. The molecule has 0 saturated heterocycles. The maximum atomic E-state index is 5.11. The average Bonchev–Trinajstić information content (AvgIpc) is 4.10. The minimum atomic E-state index is 0.926. The Morgan fingerprint density at radius 3 is 1.35 bits per heavy atom. The van der Waals surface area contributed by atoms with Crippen molar-refractivity contribution in [2.24, 2.45) is 0 Å². The van der Waals surface area contributed by atoms with Crippen LogP contribution in [0, 0.1) is 0 Å². The zero-order chi connectivity index (χ0) is 41.5. The van der Waals surface area contributed by atoms with Crippen molar-refractivity contribution < 1.29 is 0 Å². The van der Waals surface area contributed by atoms with Crippen LogP contribution in [-0.4, -0.2) is 24.5 Å². The van der Waals surface area contributed by atoms with Crippen LogP contribution in [-0.2, 0) is 25.7 Å². The molecule has 0 aliphatic rings. The Kier molecular flexibility index (Phi) is 11.0.